The van der Waals surface area contributed by atoms with Gasteiger partial charge < -0.3 is 15.5 Å². The average Bonchev–Trinajstić information content (AvgIpc) is 3.30. The normalized spacial score (nSPS) is 15.5. The average molecular weight is 445 g/mol. The number of carbonyl (C=O) groups is 2. The number of nitrogens with two attached hydrogens (primary N) is 1. The number of rotatable bonds is 7. The zero-order chi connectivity index (χ0) is 21.1. The monoisotopic (exact) mass is 444 g/mol. The number of nitrogens with one attached hydrogen (secondary N) is 1. The highest BCUT2D eigenvalue weighted by Crippen LogP contribution is 2.33. The van der Waals surface area contributed by atoms with E-state index < -0.39 is 0 Å². The van der Waals surface area contributed by atoms with Crippen LogP contribution >= 0.6 is 23.1 Å². The highest BCUT2D eigenvalue weighted by Gasteiger charge is 2.26. The van der Waals surface area contributed by atoms with E-state index in [1.54, 1.807) is 23.1 Å². The maximum atomic E-state index is 13.1. The first kappa shape index (κ1) is 20.9. The molecule has 1 aliphatic rings. The number of benzene rings is 1. The summed E-state index contributed by atoms with van der Waals surface area (Å²) in [5.41, 5.74) is 7.88. The summed E-state index contributed by atoms with van der Waals surface area (Å²) < 4.78 is 6.93. The van der Waals surface area contributed by atoms with Crippen LogP contribution in [-0.2, 0) is 10.5 Å². The van der Waals surface area contributed by atoms with E-state index in [1.807, 2.05) is 41.5 Å². The third kappa shape index (κ3) is 4.85. The molecule has 0 aliphatic carbocycles. The molecule has 1 fully saturated rings. The summed E-state index contributed by atoms with van der Waals surface area (Å²) in [7, 11) is 0. The fourth-order valence-corrected chi connectivity index (χ4v) is 5.54. The van der Waals surface area contributed by atoms with Gasteiger partial charge in [-0.15, -0.1) is 11.3 Å². The Morgan fingerprint density at radius 2 is 2.10 bits per heavy atom. The van der Waals surface area contributed by atoms with Crippen molar-refractivity contribution in [2.24, 2.45) is 5.73 Å². The second kappa shape index (κ2) is 9.20. The highest BCUT2D eigenvalue weighted by molar-refractivity contribution is 8.00. The lowest BCUT2D eigenvalue weighted by Gasteiger charge is -2.31. The lowest BCUT2D eigenvalue weighted by molar-refractivity contribution is -0.119. The highest BCUT2D eigenvalue weighted by atomic mass is 32.2. The van der Waals surface area contributed by atoms with Crippen molar-refractivity contribution in [3.05, 3.63) is 46.7 Å². The summed E-state index contributed by atoms with van der Waals surface area (Å²) in [6.45, 7) is 3.71. The zero-order valence-corrected chi connectivity index (χ0v) is 18.4. The molecular weight excluding hydrogens is 420 g/mol. The number of hydrogen-bond donors (Lipinski definition) is 2. The van der Waals surface area contributed by atoms with E-state index in [9.17, 15) is 9.59 Å². The quantitative estimate of drug-likeness (QED) is 0.543. The number of nitrogens with zero attached hydrogens (tertiary/aromatic N) is 2. The van der Waals surface area contributed by atoms with Crippen molar-refractivity contribution in [2.75, 3.05) is 19.6 Å². The Morgan fingerprint density at radius 1 is 1.33 bits per heavy atom. The Kier molecular flexibility index (Phi) is 6.40. The number of amides is 2. The number of hydrogen-bond acceptors (Lipinski definition) is 7. The molecule has 0 bridgehead atoms. The second-order valence-corrected chi connectivity index (χ2v) is 9.52. The molecule has 2 amide bonds. The number of aromatic nitrogens is 1. The Bertz CT molecular complexity index is 1050. The molecule has 3 aromatic rings. The number of para-hydroxylation sites is 1. The van der Waals surface area contributed by atoms with Gasteiger partial charge in [0.2, 0.25) is 5.91 Å². The van der Waals surface area contributed by atoms with Gasteiger partial charge in [-0.25, -0.2) is 4.98 Å². The molecule has 1 aliphatic heterocycles. The van der Waals surface area contributed by atoms with Gasteiger partial charge in [-0.3, -0.25) is 14.5 Å². The van der Waals surface area contributed by atoms with Crippen LogP contribution in [0.25, 0.3) is 11.0 Å². The van der Waals surface area contributed by atoms with E-state index in [0.29, 0.717) is 17.1 Å². The van der Waals surface area contributed by atoms with Gasteiger partial charge in [0.15, 0.2) is 5.76 Å². The molecule has 158 valence electrons. The summed E-state index contributed by atoms with van der Waals surface area (Å²) in [5, 5.41) is 6.09. The molecule has 0 unspecified atom stereocenters. The van der Waals surface area contributed by atoms with Gasteiger partial charge in [0.05, 0.1) is 6.54 Å². The molecule has 0 saturated carbocycles. The fraction of sp³-hybridized carbons (Fsp3) is 0.381. The summed E-state index contributed by atoms with van der Waals surface area (Å²) in [5.74, 6) is 0.475. The third-order valence-corrected chi connectivity index (χ3v) is 7.31. The lowest BCUT2D eigenvalue weighted by atomic mass is 10.0. The zero-order valence-electron chi connectivity index (χ0n) is 16.7. The molecule has 0 radical (unpaired) electrons. The maximum absolute atomic E-state index is 13.1. The van der Waals surface area contributed by atoms with E-state index in [4.69, 9.17) is 10.2 Å². The molecule has 1 saturated heterocycles. The first-order valence-corrected chi connectivity index (χ1v) is 11.7. The van der Waals surface area contributed by atoms with E-state index in [2.05, 4.69) is 10.3 Å². The minimum Gasteiger partial charge on any atom is -0.451 e. The smallest absolute Gasteiger partial charge is 0.287 e. The first-order valence-electron chi connectivity index (χ1n) is 9.86. The SMILES string of the molecule is Cc1csc(SCc2c(C(=O)NC3CCN(CC(N)=O)CC3)oc3ccccc23)n1. The minimum atomic E-state index is -0.322. The van der Waals surface area contributed by atoms with Gasteiger partial charge >= 0.3 is 0 Å². The van der Waals surface area contributed by atoms with Crippen LogP contribution in [0.15, 0.2) is 38.4 Å². The lowest BCUT2D eigenvalue weighted by Crippen LogP contribution is -2.46. The molecule has 7 nitrogen and oxygen atoms in total. The molecule has 9 heteroatoms. The summed E-state index contributed by atoms with van der Waals surface area (Å²) in [4.78, 5) is 30.7. The largest absolute Gasteiger partial charge is 0.451 e. The Balaban J connectivity index is 1.47. The molecule has 2 aromatic heterocycles. The standard InChI is InChI=1S/C21H24N4O3S2/c1-13-11-29-21(23-13)30-12-16-15-4-2-3-5-17(15)28-19(16)20(27)24-14-6-8-25(9-7-14)10-18(22)26/h2-5,11,14H,6-10,12H2,1H3,(H2,22,26)(H,24,27). The summed E-state index contributed by atoms with van der Waals surface area (Å²) in [6.07, 6.45) is 1.56. The molecule has 0 atom stereocenters. The van der Waals surface area contributed by atoms with E-state index in [1.165, 1.54) is 0 Å². The van der Waals surface area contributed by atoms with Crippen molar-refractivity contribution in [1.82, 2.24) is 15.2 Å². The number of fused-ring (bicyclic) bond motifs is 1. The van der Waals surface area contributed by atoms with E-state index in [0.717, 1.165) is 46.9 Å². The predicted molar refractivity (Wildman–Crippen MR) is 119 cm³/mol. The van der Waals surface area contributed by atoms with Gasteiger partial charge in [-0.1, -0.05) is 30.0 Å². The van der Waals surface area contributed by atoms with Crippen LogP contribution in [-0.4, -0.2) is 47.4 Å². The van der Waals surface area contributed by atoms with Crippen molar-refractivity contribution < 1.29 is 14.0 Å². The van der Waals surface area contributed by atoms with Crippen LogP contribution in [0, 0.1) is 6.92 Å². The van der Waals surface area contributed by atoms with Gasteiger partial charge in [-0.05, 0) is 25.8 Å². The molecule has 3 N–H and O–H groups in total. The Hall–Kier alpha value is -2.36. The topological polar surface area (TPSA) is 101 Å². The van der Waals surface area contributed by atoms with Gasteiger partial charge in [0.25, 0.3) is 5.91 Å². The predicted octanol–water partition coefficient (Wildman–Crippen LogP) is 3.17. The summed E-state index contributed by atoms with van der Waals surface area (Å²) >= 11 is 3.22. The molecule has 3 heterocycles. The number of thioether (sulfide) groups is 1. The first-order chi connectivity index (χ1) is 14.5. The number of aryl methyl sites for hydroxylation is 1. The van der Waals surface area contributed by atoms with Gasteiger partial charge in [0, 0.05) is 46.9 Å². The second-order valence-electron chi connectivity index (χ2n) is 7.44. The molecule has 0 spiro atoms. The minimum absolute atomic E-state index is 0.0527. The number of carbonyl (C=O) groups excluding carboxylic acids is 2. The van der Waals surface area contributed by atoms with Crippen molar-refractivity contribution in [2.45, 2.75) is 35.9 Å². The Morgan fingerprint density at radius 3 is 2.80 bits per heavy atom. The van der Waals surface area contributed by atoms with E-state index in [-0.39, 0.29) is 24.4 Å². The third-order valence-electron chi connectivity index (χ3n) is 5.14. The van der Waals surface area contributed by atoms with Crippen LogP contribution in [0.5, 0.6) is 0 Å². The number of furan rings is 1. The van der Waals surface area contributed by atoms with Crippen molar-refractivity contribution in [3.63, 3.8) is 0 Å². The fourth-order valence-electron chi connectivity index (χ4n) is 3.66. The number of likely N-dealkylation sites (tertiary alicyclic amines) is 1. The maximum Gasteiger partial charge on any atom is 0.287 e. The molecule has 30 heavy (non-hydrogen) atoms. The van der Waals surface area contributed by atoms with Crippen LogP contribution in [0.1, 0.15) is 34.7 Å². The molecule has 1 aromatic carbocycles. The van der Waals surface area contributed by atoms with Crippen molar-refractivity contribution in [1.29, 1.82) is 0 Å². The van der Waals surface area contributed by atoms with E-state index >= 15 is 0 Å². The van der Waals surface area contributed by atoms with Crippen molar-refractivity contribution >= 4 is 45.9 Å². The Labute approximate surface area is 183 Å². The van der Waals surface area contributed by atoms with Gasteiger partial charge in [0.1, 0.15) is 9.92 Å². The number of piperidine rings is 1. The van der Waals surface area contributed by atoms with Crippen LogP contribution in [0.4, 0.5) is 0 Å². The van der Waals surface area contributed by atoms with Crippen LogP contribution < -0.4 is 11.1 Å². The summed E-state index contributed by atoms with van der Waals surface area (Å²) in [6, 6.07) is 7.78. The number of thiazole rings is 1. The van der Waals surface area contributed by atoms with Crippen LogP contribution in [0.3, 0.4) is 0 Å². The number of primary amides is 1. The van der Waals surface area contributed by atoms with Crippen molar-refractivity contribution in [3.8, 4) is 0 Å². The molecule has 4 rings (SSSR count). The molecular formula is C21H24N4O3S2. The van der Waals surface area contributed by atoms with Crippen LogP contribution in [0.2, 0.25) is 0 Å². The van der Waals surface area contributed by atoms with Gasteiger partial charge in [-0.2, -0.15) is 0 Å².